The van der Waals surface area contributed by atoms with E-state index in [9.17, 15) is 13.6 Å². The Morgan fingerprint density at radius 3 is 2.48 bits per heavy atom. The maximum atomic E-state index is 13.6. The van der Waals surface area contributed by atoms with E-state index >= 15 is 0 Å². The summed E-state index contributed by atoms with van der Waals surface area (Å²) in [5.74, 6) is -1.19. The van der Waals surface area contributed by atoms with Gasteiger partial charge in [0.15, 0.2) is 0 Å². The van der Waals surface area contributed by atoms with Gasteiger partial charge in [-0.25, -0.2) is 8.78 Å². The highest BCUT2D eigenvalue weighted by Gasteiger charge is 2.20. The molecule has 0 saturated carbocycles. The highest BCUT2D eigenvalue weighted by molar-refractivity contribution is 5.96. The number of nitrogens with one attached hydrogen (secondary N) is 1. The fourth-order valence-electron chi connectivity index (χ4n) is 2.19. The Kier molecular flexibility index (Phi) is 4.35. The predicted octanol–water partition coefficient (Wildman–Crippen LogP) is 2.93. The van der Waals surface area contributed by atoms with Crippen LogP contribution in [0.2, 0.25) is 0 Å². The Morgan fingerprint density at radius 1 is 1.33 bits per heavy atom. The Bertz CT molecular complexity index is 628. The van der Waals surface area contributed by atoms with E-state index in [0.29, 0.717) is 17.0 Å². The molecule has 0 spiro atoms. The molecule has 2 aromatic rings. The molecule has 2 rings (SSSR count). The van der Waals surface area contributed by atoms with E-state index in [1.165, 1.54) is 18.2 Å². The van der Waals surface area contributed by atoms with Gasteiger partial charge in [0.25, 0.3) is 5.91 Å². The summed E-state index contributed by atoms with van der Waals surface area (Å²) in [6.07, 6.45) is 0.0631. The van der Waals surface area contributed by atoms with Crippen LogP contribution in [0.5, 0.6) is 0 Å². The minimum Gasteiger partial charge on any atom is -0.361 e. The van der Waals surface area contributed by atoms with Crippen LogP contribution in [0, 0.1) is 25.5 Å². The van der Waals surface area contributed by atoms with Crippen molar-refractivity contribution in [3.63, 3.8) is 0 Å². The van der Waals surface area contributed by atoms with Crippen LogP contribution in [0.25, 0.3) is 0 Å². The molecule has 4 nitrogen and oxygen atoms in total. The molecule has 0 fully saturated rings. The van der Waals surface area contributed by atoms with Gasteiger partial charge in [0.2, 0.25) is 0 Å². The van der Waals surface area contributed by atoms with Crippen LogP contribution in [0.3, 0.4) is 0 Å². The number of amides is 1. The smallest absolute Gasteiger partial charge is 0.257 e. The second-order valence-electron chi connectivity index (χ2n) is 4.98. The minimum absolute atomic E-state index is 0.0379. The Labute approximate surface area is 121 Å². The molecule has 1 unspecified atom stereocenters. The van der Waals surface area contributed by atoms with E-state index in [2.05, 4.69) is 10.5 Å². The van der Waals surface area contributed by atoms with Gasteiger partial charge in [0.1, 0.15) is 23.0 Å². The van der Waals surface area contributed by atoms with Crippen LogP contribution >= 0.6 is 0 Å². The molecule has 1 atom stereocenters. The molecule has 1 N–H and O–H groups in total. The van der Waals surface area contributed by atoms with Gasteiger partial charge >= 0.3 is 0 Å². The largest absolute Gasteiger partial charge is 0.361 e. The summed E-state index contributed by atoms with van der Waals surface area (Å²) >= 11 is 0. The van der Waals surface area contributed by atoms with E-state index in [4.69, 9.17) is 4.52 Å². The summed E-state index contributed by atoms with van der Waals surface area (Å²) in [7, 11) is 0. The van der Waals surface area contributed by atoms with Crippen LogP contribution in [0.15, 0.2) is 22.7 Å². The van der Waals surface area contributed by atoms with Crippen LogP contribution in [-0.4, -0.2) is 17.1 Å². The summed E-state index contributed by atoms with van der Waals surface area (Å²) in [4.78, 5) is 12.1. The van der Waals surface area contributed by atoms with Gasteiger partial charge in [0.05, 0.1) is 5.69 Å². The Morgan fingerprint density at radius 2 is 1.95 bits per heavy atom. The van der Waals surface area contributed by atoms with Crippen LogP contribution in [0.4, 0.5) is 8.78 Å². The molecular formula is C15H16F2N2O2. The quantitative estimate of drug-likeness (QED) is 0.943. The Hall–Kier alpha value is -2.24. The number of nitrogens with zero attached hydrogens (tertiary/aromatic N) is 1. The monoisotopic (exact) mass is 294 g/mol. The summed E-state index contributed by atoms with van der Waals surface area (Å²) < 4.78 is 32.1. The minimum atomic E-state index is -0.617. The number of rotatable bonds is 4. The third-order valence-electron chi connectivity index (χ3n) is 3.21. The van der Waals surface area contributed by atoms with Crippen molar-refractivity contribution in [2.75, 3.05) is 0 Å². The fraction of sp³-hybridized carbons (Fsp3) is 0.333. The number of aryl methyl sites for hydroxylation is 2. The first-order valence-electron chi connectivity index (χ1n) is 6.56. The first kappa shape index (κ1) is 15.2. The van der Waals surface area contributed by atoms with Crippen LogP contribution < -0.4 is 5.32 Å². The topological polar surface area (TPSA) is 55.1 Å². The van der Waals surface area contributed by atoms with Gasteiger partial charge in [-0.15, -0.1) is 0 Å². The molecule has 1 aromatic carbocycles. The molecule has 0 bridgehead atoms. The van der Waals surface area contributed by atoms with Gasteiger partial charge in [-0.1, -0.05) is 11.2 Å². The second-order valence-corrected chi connectivity index (χ2v) is 4.98. The zero-order valence-electron chi connectivity index (χ0n) is 12.0. The van der Waals surface area contributed by atoms with Gasteiger partial charge in [0, 0.05) is 11.6 Å². The molecule has 0 saturated heterocycles. The van der Waals surface area contributed by atoms with Crippen molar-refractivity contribution in [1.82, 2.24) is 10.5 Å². The van der Waals surface area contributed by atoms with Gasteiger partial charge in [-0.2, -0.15) is 0 Å². The molecule has 0 aliphatic carbocycles. The third-order valence-corrected chi connectivity index (χ3v) is 3.21. The van der Waals surface area contributed by atoms with Crippen molar-refractivity contribution in [3.8, 4) is 0 Å². The maximum absolute atomic E-state index is 13.6. The highest BCUT2D eigenvalue weighted by Crippen LogP contribution is 2.16. The number of hydrogen-bond acceptors (Lipinski definition) is 3. The normalized spacial score (nSPS) is 12.2. The average Bonchev–Trinajstić information content (AvgIpc) is 2.73. The van der Waals surface area contributed by atoms with Crippen molar-refractivity contribution < 1.29 is 18.1 Å². The van der Waals surface area contributed by atoms with E-state index in [1.807, 2.05) is 0 Å². The number of benzene rings is 1. The first-order chi connectivity index (χ1) is 9.90. The molecule has 21 heavy (non-hydrogen) atoms. The third kappa shape index (κ3) is 3.26. The van der Waals surface area contributed by atoms with Gasteiger partial charge in [-0.3, -0.25) is 4.79 Å². The second kappa shape index (κ2) is 6.03. The SMILES string of the molecule is Cc1noc(C)c1C(=O)NC(C)Cc1c(F)cccc1F. The molecule has 0 radical (unpaired) electrons. The lowest BCUT2D eigenvalue weighted by Gasteiger charge is -2.14. The van der Waals surface area contributed by atoms with Gasteiger partial charge in [-0.05, 0) is 39.3 Å². The molecule has 0 aliphatic rings. The lowest BCUT2D eigenvalue weighted by molar-refractivity contribution is 0.0937. The summed E-state index contributed by atoms with van der Waals surface area (Å²) in [6.45, 7) is 4.98. The van der Waals surface area contributed by atoms with E-state index < -0.39 is 17.7 Å². The molecule has 1 aromatic heterocycles. The highest BCUT2D eigenvalue weighted by atomic mass is 19.1. The number of carbonyl (C=O) groups excluding carboxylic acids is 1. The van der Waals surface area contributed by atoms with Crippen LogP contribution in [0.1, 0.15) is 34.3 Å². The van der Waals surface area contributed by atoms with E-state index in [1.54, 1.807) is 20.8 Å². The summed E-state index contributed by atoms with van der Waals surface area (Å²) in [5, 5.41) is 6.40. The number of aromatic nitrogens is 1. The zero-order valence-corrected chi connectivity index (χ0v) is 12.0. The first-order valence-corrected chi connectivity index (χ1v) is 6.56. The lowest BCUT2D eigenvalue weighted by Crippen LogP contribution is -2.35. The zero-order chi connectivity index (χ0) is 15.6. The van der Waals surface area contributed by atoms with E-state index in [-0.39, 0.29) is 17.9 Å². The number of halogens is 2. The van der Waals surface area contributed by atoms with Gasteiger partial charge < -0.3 is 9.84 Å². The van der Waals surface area contributed by atoms with E-state index in [0.717, 1.165) is 0 Å². The summed E-state index contributed by atoms with van der Waals surface area (Å²) in [5.41, 5.74) is 0.800. The fourth-order valence-corrected chi connectivity index (χ4v) is 2.19. The Balaban J connectivity index is 2.09. The van der Waals surface area contributed by atoms with Crippen LogP contribution in [-0.2, 0) is 6.42 Å². The van der Waals surface area contributed by atoms with Crippen molar-refractivity contribution >= 4 is 5.91 Å². The van der Waals surface area contributed by atoms with Crippen molar-refractivity contribution in [2.24, 2.45) is 0 Å². The van der Waals surface area contributed by atoms with Crippen molar-refractivity contribution in [1.29, 1.82) is 0 Å². The number of carbonyl (C=O) groups is 1. The molecule has 6 heteroatoms. The molecule has 1 amide bonds. The molecule has 112 valence electrons. The van der Waals surface area contributed by atoms with Crippen molar-refractivity contribution in [3.05, 3.63) is 52.4 Å². The maximum Gasteiger partial charge on any atom is 0.257 e. The number of hydrogen-bond donors (Lipinski definition) is 1. The molecular weight excluding hydrogens is 278 g/mol. The predicted molar refractivity (Wildman–Crippen MR) is 73.0 cm³/mol. The molecule has 1 heterocycles. The molecule has 0 aliphatic heterocycles. The lowest BCUT2D eigenvalue weighted by atomic mass is 10.1. The summed E-state index contributed by atoms with van der Waals surface area (Å²) in [6, 6.07) is 3.27. The average molecular weight is 294 g/mol. The van der Waals surface area contributed by atoms with Crippen molar-refractivity contribution in [2.45, 2.75) is 33.2 Å². The standard InChI is InChI=1S/C15H16F2N2O2/c1-8(7-11-12(16)5-4-6-13(11)17)18-15(20)14-9(2)19-21-10(14)3/h4-6,8H,7H2,1-3H3,(H,18,20).